The first kappa shape index (κ1) is 14.9. The predicted octanol–water partition coefficient (Wildman–Crippen LogP) is 1.78. The Labute approximate surface area is 132 Å². The number of fused-ring (bicyclic) bond motifs is 1. The van der Waals surface area contributed by atoms with Crippen LogP contribution in [0.2, 0.25) is 5.02 Å². The highest BCUT2D eigenvalue weighted by molar-refractivity contribution is 7.91. The van der Waals surface area contributed by atoms with E-state index in [1.54, 1.807) is 24.3 Å². The van der Waals surface area contributed by atoms with Gasteiger partial charge in [-0.15, -0.1) is 0 Å². The number of sulfone groups is 1. The van der Waals surface area contributed by atoms with Crippen LogP contribution in [0.1, 0.15) is 28.5 Å². The van der Waals surface area contributed by atoms with Crippen LogP contribution in [-0.2, 0) is 9.84 Å². The van der Waals surface area contributed by atoms with Crippen LogP contribution in [-0.4, -0.2) is 30.0 Å². The molecule has 0 saturated heterocycles. The second kappa shape index (κ2) is 5.66. The van der Waals surface area contributed by atoms with Crippen molar-refractivity contribution in [3.8, 4) is 0 Å². The second-order valence-electron chi connectivity index (χ2n) is 4.89. The Hall–Kier alpha value is -1.99. The summed E-state index contributed by atoms with van der Waals surface area (Å²) in [6, 6.07) is 6.29. The van der Waals surface area contributed by atoms with E-state index >= 15 is 0 Å². The van der Waals surface area contributed by atoms with E-state index in [1.807, 2.05) is 0 Å². The molecule has 0 fully saturated rings. The molecule has 8 heteroatoms. The summed E-state index contributed by atoms with van der Waals surface area (Å²) in [4.78, 5) is 20.1. The average Bonchev–Trinajstić information content (AvgIpc) is 2.51. The zero-order valence-electron chi connectivity index (χ0n) is 11.4. The van der Waals surface area contributed by atoms with Crippen molar-refractivity contribution in [3.63, 3.8) is 0 Å². The van der Waals surface area contributed by atoms with Gasteiger partial charge in [0.05, 0.1) is 21.7 Å². The molecule has 6 nitrogen and oxygen atoms in total. The van der Waals surface area contributed by atoms with Gasteiger partial charge in [0.2, 0.25) is 0 Å². The molecule has 2 heterocycles. The predicted molar refractivity (Wildman–Crippen MR) is 80.4 cm³/mol. The Morgan fingerprint density at radius 1 is 1.32 bits per heavy atom. The van der Waals surface area contributed by atoms with Crippen LogP contribution in [0.4, 0.5) is 0 Å². The monoisotopic (exact) mass is 337 g/mol. The summed E-state index contributed by atoms with van der Waals surface area (Å²) >= 11 is 5.90. The van der Waals surface area contributed by atoms with Crippen molar-refractivity contribution < 1.29 is 13.2 Å². The number of rotatable bonds is 2. The number of carbonyl (C=O) groups is 1. The Morgan fingerprint density at radius 2 is 2.09 bits per heavy atom. The third kappa shape index (κ3) is 2.69. The second-order valence-corrected chi connectivity index (χ2v) is 7.38. The lowest BCUT2D eigenvalue weighted by Crippen LogP contribution is -2.34. The molecule has 1 N–H and O–H groups in total. The van der Waals surface area contributed by atoms with E-state index in [4.69, 9.17) is 11.6 Å². The smallest absolute Gasteiger partial charge is 0.272 e. The van der Waals surface area contributed by atoms with Crippen LogP contribution in [0.3, 0.4) is 0 Å². The molecule has 1 aromatic heterocycles. The van der Waals surface area contributed by atoms with Crippen LogP contribution >= 0.6 is 11.6 Å². The quantitative estimate of drug-likeness (QED) is 0.902. The van der Waals surface area contributed by atoms with Gasteiger partial charge in [0.15, 0.2) is 9.84 Å². The molecule has 0 aliphatic carbocycles. The van der Waals surface area contributed by atoms with Gasteiger partial charge < -0.3 is 5.32 Å². The molecule has 1 amide bonds. The number of nitrogens with zero attached hydrogens (tertiary/aromatic N) is 2. The number of hydrogen-bond acceptors (Lipinski definition) is 5. The molecule has 1 aromatic carbocycles. The highest BCUT2D eigenvalue weighted by atomic mass is 35.5. The van der Waals surface area contributed by atoms with Crippen molar-refractivity contribution >= 4 is 27.3 Å². The maximum atomic E-state index is 12.3. The number of halogens is 1. The molecule has 114 valence electrons. The Bertz CT molecular complexity index is 839. The molecule has 1 atom stereocenters. The number of carbonyl (C=O) groups excluding carboxylic acids is 1. The maximum Gasteiger partial charge on any atom is 0.272 e. The maximum absolute atomic E-state index is 12.3. The molecule has 1 aliphatic heterocycles. The van der Waals surface area contributed by atoms with Gasteiger partial charge in [-0.05, 0) is 18.1 Å². The Balaban J connectivity index is 1.91. The normalized spacial score (nSPS) is 19.2. The van der Waals surface area contributed by atoms with Gasteiger partial charge in [0.25, 0.3) is 5.91 Å². The number of hydrogen-bond donors (Lipinski definition) is 1. The summed E-state index contributed by atoms with van der Waals surface area (Å²) in [5.41, 5.74) is 0.662. The highest BCUT2D eigenvalue weighted by Gasteiger charge is 2.31. The van der Waals surface area contributed by atoms with Crippen molar-refractivity contribution in [1.29, 1.82) is 0 Å². The van der Waals surface area contributed by atoms with E-state index in [2.05, 4.69) is 15.3 Å². The molecule has 2 aromatic rings. The van der Waals surface area contributed by atoms with Crippen molar-refractivity contribution in [2.45, 2.75) is 17.4 Å². The summed E-state index contributed by atoms with van der Waals surface area (Å²) in [6.07, 6.45) is 2.89. The summed E-state index contributed by atoms with van der Waals surface area (Å²) < 4.78 is 24.1. The Kier molecular flexibility index (Phi) is 3.84. The molecule has 0 spiro atoms. The third-order valence-corrected chi connectivity index (χ3v) is 5.58. The number of aromatic nitrogens is 2. The van der Waals surface area contributed by atoms with Gasteiger partial charge in [-0.25, -0.2) is 18.4 Å². The molecule has 1 aliphatic rings. The molecular weight excluding hydrogens is 326 g/mol. The fourth-order valence-electron chi connectivity index (χ4n) is 2.45. The fraction of sp³-hybridized carbons (Fsp3) is 0.214. The topological polar surface area (TPSA) is 89.0 Å². The minimum Gasteiger partial charge on any atom is -0.344 e. The van der Waals surface area contributed by atoms with Crippen molar-refractivity contribution in [1.82, 2.24) is 15.3 Å². The number of amides is 1. The molecule has 22 heavy (non-hydrogen) atoms. The van der Waals surface area contributed by atoms with Crippen molar-refractivity contribution in [3.05, 3.63) is 53.1 Å². The van der Waals surface area contributed by atoms with E-state index in [0.717, 1.165) is 0 Å². The van der Waals surface area contributed by atoms with E-state index in [1.165, 1.54) is 12.5 Å². The van der Waals surface area contributed by atoms with Gasteiger partial charge >= 0.3 is 0 Å². The first-order chi connectivity index (χ1) is 10.5. The van der Waals surface area contributed by atoms with Gasteiger partial charge in [-0.3, -0.25) is 4.79 Å². The van der Waals surface area contributed by atoms with Gasteiger partial charge in [0.1, 0.15) is 12.0 Å². The van der Waals surface area contributed by atoms with Crippen LogP contribution in [0, 0.1) is 0 Å². The zero-order chi connectivity index (χ0) is 15.7. The first-order valence-corrected chi connectivity index (χ1v) is 8.60. The lowest BCUT2D eigenvalue weighted by atomic mass is 10.0. The zero-order valence-corrected chi connectivity index (χ0v) is 12.9. The third-order valence-electron chi connectivity index (χ3n) is 3.49. The summed E-state index contributed by atoms with van der Waals surface area (Å²) in [6.45, 7) is 0. The molecular formula is C14H12ClN3O3S. The van der Waals surface area contributed by atoms with E-state index in [-0.39, 0.29) is 21.4 Å². The molecule has 0 saturated carbocycles. The number of nitrogens with one attached hydrogen (secondary N) is 1. The van der Waals surface area contributed by atoms with Gasteiger partial charge in [0, 0.05) is 6.20 Å². The largest absolute Gasteiger partial charge is 0.344 e. The van der Waals surface area contributed by atoms with Crippen LogP contribution in [0.15, 0.2) is 41.7 Å². The summed E-state index contributed by atoms with van der Waals surface area (Å²) in [5, 5.41) is 2.94. The van der Waals surface area contributed by atoms with E-state index in [9.17, 15) is 13.2 Å². The lowest BCUT2D eigenvalue weighted by molar-refractivity contribution is 0.0929. The van der Waals surface area contributed by atoms with Crippen LogP contribution in [0.5, 0.6) is 0 Å². The average molecular weight is 338 g/mol. The summed E-state index contributed by atoms with van der Waals surface area (Å²) in [5.74, 6) is -0.460. The minimum absolute atomic E-state index is 0.00747. The first-order valence-electron chi connectivity index (χ1n) is 6.57. The van der Waals surface area contributed by atoms with Gasteiger partial charge in [-0.2, -0.15) is 0 Å². The molecule has 0 bridgehead atoms. The summed E-state index contributed by atoms with van der Waals surface area (Å²) in [7, 11) is -3.29. The van der Waals surface area contributed by atoms with E-state index in [0.29, 0.717) is 12.0 Å². The van der Waals surface area contributed by atoms with Crippen molar-refractivity contribution in [2.75, 3.05) is 5.75 Å². The molecule has 0 unspecified atom stereocenters. The van der Waals surface area contributed by atoms with Crippen LogP contribution < -0.4 is 5.32 Å². The lowest BCUT2D eigenvalue weighted by Gasteiger charge is -2.26. The number of benzene rings is 1. The SMILES string of the molecule is O=C(N[C@@H]1CCS(=O)(=O)c2ccccc21)c1ncncc1Cl. The minimum atomic E-state index is -3.29. The van der Waals surface area contributed by atoms with Crippen LogP contribution in [0.25, 0.3) is 0 Å². The highest BCUT2D eigenvalue weighted by Crippen LogP contribution is 2.32. The van der Waals surface area contributed by atoms with Crippen molar-refractivity contribution in [2.24, 2.45) is 0 Å². The fourth-order valence-corrected chi connectivity index (χ4v) is 4.26. The molecule has 3 rings (SSSR count). The standard InChI is InChI=1S/C14H12ClN3O3S/c15-10-7-16-8-17-13(10)14(19)18-11-5-6-22(20,21)12-4-2-1-3-9(11)12/h1-4,7-8,11H,5-6H2,(H,18,19)/t11-/m1/s1. The van der Waals surface area contributed by atoms with Gasteiger partial charge in [-0.1, -0.05) is 29.8 Å². The van der Waals surface area contributed by atoms with E-state index < -0.39 is 21.8 Å². The Morgan fingerprint density at radius 3 is 2.86 bits per heavy atom. The molecule has 0 radical (unpaired) electrons.